The van der Waals surface area contributed by atoms with Crippen LogP contribution in [0.15, 0.2) is 0 Å². The maximum atomic E-state index is 8.38. The van der Waals surface area contributed by atoms with Gasteiger partial charge in [0.1, 0.15) is 0 Å². The minimum absolute atomic E-state index is 0.483. The summed E-state index contributed by atoms with van der Waals surface area (Å²) in [6.45, 7) is 3.51. The molecule has 0 atom stereocenters. The van der Waals surface area contributed by atoms with Gasteiger partial charge in [0.25, 0.3) is 7.42 Å². The topological polar surface area (TPSA) is 23.8 Å². The maximum Gasteiger partial charge on any atom is 0.256 e. The van der Waals surface area contributed by atoms with E-state index in [0.717, 1.165) is 0 Å². The third kappa shape index (κ3) is 2.04. The molecule has 0 aliphatic carbocycles. The van der Waals surface area contributed by atoms with Crippen molar-refractivity contribution < 1.29 is 0 Å². The highest BCUT2D eigenvalue weighted by Crippen LogP contribution is 2.30. The molecular formula is C4H7Cl2NSi. The fourth-order valence-electron chi connectivity index (χ4n) is 0.0488. The zero-order chi connectivity index (χ0) is 6.78. The first-order chi connectivity index (χ1) is 3.50. The van der Waals surface area contributed by atoms with Crippen molar-refractivity contribution in [2.24, 2.45) is 0 Å². The van der Waals surface area contributed by atoms with Crippen LogP contribution in [0.5, 0.6) is 0 Å². The number of rotatable bonds is 1. The van der Waals surface area contributed by atoms with Crippen LogP contribution in [0.4, 0.5) is 0 Å². The van der Waals surface area contributed by atoms with Crippen molar-refractivity contribution in [3.63, 3.8) is 0 Å². The van der Waals surface area contributed by atoms with Crippen molar-refractivity contribution in [3.8, 4) is 6.07 Å². The maximum absolute atomic E-state index is 8.38. The zero-order valence-electron chi connectivity index (χ0n) is 4.78. The van der Waals surface area contributed by atoms with Crippen LogP contribution in [-0.4, -0.2) is 7.42 Å². The quantitative estimate of drug-likeness (QED) is 0.433. The Kier molecular flexibility index (Phi) is 2.82. The van der Waals surface area contributed by atoms with E-state index in [4.69, 9.17) is 27.4 Å². The van der Waals surface area contributed by atoms with Crippen molar-refractivity contribution >= 4 is 29.6 Å². The summed E-state index contributed by atoms with van der Waals surface area (Å²) in [6, 6.07) is 2.04. The number of nitrogens with zero attached hydrogens (tertiary/aromatic N) is 1. The SMILES string of the molecule is CC(C)(C#N)[SiH](Cl)Cl. The lowest BCUT2D eigenvalue weighted by Crippen LogP contribution is -2.13. The summed E-state index contributed by atoms with van der Waals surface area (Å²) in [6.07, 6.45) is 0. The molecule has 46 valence electrons. The van der Waals surface area contributed by atoms with Gasteiger partial charge in [-0.2, -0.15) is 5.26 Å². The number of hydrogen-bond donors (Lipinski definition) is 0. The molecule has 0 aliphatic rings. The van der Waals surface area contributed by atoms with Gasteiger partial charge in [0.05, 0.1) is 11.1 Å². The minimum Gasteiger partial charge on any atom is -0.198 e. The molecule has 8 heavy (non-hydrogen) atoms. The molecule has 0 saturated heterocycles. The lowest BCUT2D eigenvalue weighted by molar-refractivity contribution is 0.868. The summed E-state index contributed by atoms with van der Waals surface area (Å²) in [4.78, 5) is 0. The summed E-state index contributed by atoms with van der Waals surface area (Å²) in [7, 11) is -1.80. The van der Waals surface area contributed by atoms with Crippen molar-refractivity contribution in [2.45, 2.75) is 18.9 Å². The average molecular weight is 168 g/mol. The summed E-state index contributed by atoms with van der Waals surface area (Å²) >= 11 is 11.1. The number of halogens is 2. The Bertz CT molecular complexity index is 116. The minimum atomic E-state index is -1.80. The fraction of sp³-hybridized carbons (Fsp3) is 0.750. The average Bonchev–Trinajstić information content (AvgIpc) is 1.67. The lowest BCUT2D eigenvalue weighted by atomic mass is 10.2. The van der Waals surface area contributed by atoms with E-state index in [2.05, 4.69) is 0 Å². The van der Waals surface area contributed by atoms with Crippen LogP contribution in [0.3, 0.4) is 0 Å². The van der Waals surface area contributed by atoms with Gasteiger partial charge in [0.2, 0.25) is 0 Å². The molecule has 0 heterocycles. The summed E-state index contributed by atoms with van der Waals surface area (Å²) in [5, 5.41) is 7.90. The van der Waals surface area contributed by atoms with E-state index in [9.17, 15) is 0 Å². The van der Waals surface area contributed by atoms with Crippen LogP contribution in [0.2, 0.25) is 5.04 Å². The van der Waals surface area contributed by atoms with Crippen molar-refractivity contribution in [2.75, 3.05) is 0 Å². The molecule has 0 spiro atoms. The molecule has 0 aliphatic heterocycles. The van der Waals surface area contributed by atoms with Gasteiger partial charge in [-0.05, 0) is 13.8 Å². The van der Waals surface area contributed by atoms with Crippen LogP contribution in [-0.2, 0) is 0 Å². The van der Waals surface area contributed by atoms with Crippen LogP contribution >= 0.6 is 22.2 Å². The smallest absolute Gasteiger partial charge is 0.198 e. The second-order valence-electron chi connectivity index (χ2n) is 2.13. The highest BCUT2D eigenvalue weighted by Gasteiger charge is 2.27. The Balaban J connectivity index is 3.97. The van der Waals surface area contributed by atoms with Gasteiger partial charge in [-0.3, -0.25) is 0 Å². The van der Waals surface area contributed by atoms with Gasteiger partial charge in [-0.15, -0.1) is 22.2 Å². The van der Waals surface area contributed by atoms with Gasteiger partial charge in [0, 0.05) is 0 Å². The molecule has 0 amide bonds. The molecule has 0 bridgehead atoms. The Morgan fingerprint density at radius 1 is 1.50 bits per heavy atom. The van der Waals surface area contributed by atoms with E-state index >= 15 is 0 Å². The summed E-state index contributed by atoms with van der Waals surface area (Å²) in [5.74, 6) is 0. The van der Waals surface area contributed by atoms with Crippen LogP contribution in [0.1, 0.15) is 13.8 Å². The Morgan fingerprint density at radius 3 is 1.88 bits per heavy atom. The van der Waals surface area contributed by atoms with E-state index in [1.807, 2.05) is 6.07 Å². The van der Waals surface area contributed by atoms with Gasteiger partial charge in [-0.25, -0.2) is 0 Å². The molecule has 0 N–H and O–H groups in total. The molecule has 0 aromatic carbocycles. The largest absolute Gasteiger partial charge is 0.256 e. The first kappa shape index (κ1) is 8.29. The van der Waals surface area contributed by atoms with E-state index < -0.39 is 12.5 Å². The Morgan fingerprint density at radius 2 is 1.88 bits per heavy atom. The van der Waals surface area contributed by atoms with Gasteiger partial charge in [0.15, 0.2) is 0 Å². The second-order valence-corrected chi connectivity index (χ2v) is 7.47. The molecule has 0 radical (unpaired) electrons. The van der Waals surface area contributed by atoms with Crippen molar-refractivity contribution in [1.82, 2.24) is 0 Å². The third-order valence-electron chi connectivity index (χ3n) is 0.834. The standard InChI is InChI=1S/C4H7Cl2NSi/c1-4(2,3-7)8(5)6/h8H,1-2H3. The van der Waals surface area contributed by atoms with Crippen LogP contribution < -0.4 is 0 Å². The Labute approximate surface area is 60.2 Å². The molecule has 1 nitrogen and oxygen atoms in total. The molecule has 0 saturated carbocycles. The predicted octanol–water partition coefficient (Wildman–Crippen LogP) is 1.99. The normalized spacial score (nSPS) is 11.5. The molecule has 0 aromatic rings. The fourth-order valence-corrected chi connectivity index (χ4v) is 0.439. The predicted molar refractivity (Wildman–Crippen MR) is 38.5 cm³/mol. The molecular weight excluding hydrogens is 161 g/mol. The van der Waals surface area contributed by atoms with Crippen molar-refractivity contribution in [3.05, 3.63) is 0 Å². The highest BCUT2D eigenvalue weighted by molar-refractivity contribution is 7.35. The Hall–Kier alpha value is 0.287. The number of nitriles is 1. The monoisotopic (exact) mass is 167 g/mol. The summed E-state index contributed by atoms with van der Waals surface area (Å²) in [5.41, 5.74) is 0. The van der Waals surface area contributed by atoms with Crippen LogP contribution in [0.25, 0.3) is 0 Å². The second kappa shape index (κ2) is 2.72. The molecule has 0 rings (SSSR count). The van der Waals surface area contributed by atoms with Gasteiger partial charge >= 0.3 is 0 Å². The first-order valence-electron chi connectivity index (χ1n) is 2.20. The van der Waals surface area contributed by atoms with Gasteiger partial charge in [-0.1, -0.05) is 0 Å². The molecule has 0 unspecified atom stereocenters. The first-order valence-corrected chi connectivity index (χ1v) is 6.27. The highest BCUT2D eigenvalue weighted by atomic mass is 35.7. The number of hydrogen-bond acceptors (Lipinski definition) is 1. The molecule has 0 fully saturated rings. The molecule has 4 heteroatoms. The third-order valence-corrected chi connectivity index (χ3v) is 5.33. The van der Waals surface area contributed by atoms with Crippen LogP contribution in [0, 0.1) is 11.3 Å². The zero-order valence-corrected chi connectivity index (χ0v) is 7.45. The lowest BCUT2D eigenvalue weighted by Gasteiger charge is -2.12. The van der Waals surface area contributed by atoms with Crippen molar-refractivity contribution in [1.29, 1.82) is 5.26 Å². The van der Waals surface area contributed by atoms with E-state index in [1.165, 1.54) is 0 Å². The van der Waals surface area contributed by atoms with Gasteiger partial charge < -0.3 is 0 Å². The van der Waals surface area contributed by atoms with E-state index in [1.54, 1.807) is 13.8 Å². The van der Waals surface area contributed by atoms with E-state index in [-0.39, 0.29) is 0 Å². The molecule has 0 aromatic heterocycles. The van der Waals surface area contributed by atoms with E-state index in [0.29, 0.717) is 0 Å². The summed E-state index contributed by atoms with van der Waals surface area (Å²) < 4.78 is 0.